The highest BCUT2D eigenvalue weighted by molar-refractivity contribution is 5.08. The largest absolute Gasteiger partial charge is 0.318 e. The fourth-order valence-corrected chi connectivity index (χ4v) is 0.864. The van der Waals surface area contributed by atoms with Crippen LogP contribution in [0.15, 0.2) is 24.5 Å². The third kappa shape index (κ3) is 2.65. The quantitative estimate of drug-likeness (QED) is 0.637. The zero-order chi connectivity index (χ0) is 8.10. The molecule has 1 heterocycles. The molecule has 0 aliphatic heterocycles. The van der Waals surface area contributed by atoms with Crippen LogP contribution in [0.5, 0.6) is 0 Å². The summed E-state index contributed by atoms with van der Waals surface area (Å²) in [6.45, 7) is 1.47. The van der Waals surface area contributed by atoms with E-state index in [0.717, 1.165) is 6.54 Å². The summed E-state index contributed by atoms with van der Waals surface area (Å²) >= 11 is 0. The van der Waals surface area contributed by atoms with E-state index in [-0.39, 0.29) is 0 Å². The van der Waals surface area contributed by atoms with E-state index >= 15 is 0 Å². The molecule has 1 aromatic heterocycles. The molecule has 3 nitrogen and oxygen atoms in total. The van der Waals surface area contributed by atoms with Gasteiger partial charge in [-0.05, 0) is 24.7 Å². The summed E-state index contributed by atoms with van der Waals surface area (Å²) in [5.41, 5.74) is 6.67. The summed E-state index contributed by atoms with van der Waals surface area (Å²) in [7, 11) is 1.99. The summed E-state index contributed by atoms with van der Waals surface area (Å²) in [4.78, 5) is 5.97. The Morgan fingerprint density at radius 2 is 2.09 bits per heavy atom. The molecule has 0 bridgehead atoms. The molecule has 0 saturated heterocycles. The van der Waals surface area contributed by atoms with E-state index in [1.165, 1.54) is 5.56 Å². The number of rotatable bonds is 3. The predicted octanol–water partition coefficient (Wildman–Crippen LogP) is 0.430. The molecule has 0 aliphatic rings. The predicted molar refractivity (Wildman–Crippen MR) is 44.8 cm³/mol. The minimum Gasteiger partial charge on any atom is -0.318 e. The minimum atomic E-state index is 0.586. The Balaban J connectivity index is 2.51. The Kier molecular flexibility index (Phi) is 3.01. The number of aromatic nitrogens is 1. The molecule has 0 fully saturated rings. The van der Waals surface area contributed by atoms with Crippen LogP contribution >= 0.6 is 0 Å². The average Bonchev–Trinajstić information content (AvgIpc) is 2.06. The third-order valence-electron chi connectivity index (χ3n) is 1.51. The van der Waals surface area contributed by atoms with Crippen molar-refractivity contribution in [2.24, 2.45) is 5.73 Å². The number of pyridine rings is 1. The van der Waals surface area contributed by atoms with Gasteiger partial charge in [-0.15, -0.1) is 0 Å². The van der Waals surface area contributed by atoms with Gasteiger partial charge in [0.1, 0.15) is 0 Å². The second-order valence-corrected chi connectivity index (χ2v) is 2.55. The lowest BCUT2D eigenvalue weighted by molar-refractivity contribution is 0.337. The van der Waals surface area contributed by atoms with Gasteiger partial charge in [0.15, 0.2) is 0 Å². The van der Waals surface area contributed by atoms with E-state index in [1.807, 2.05) is 24.1 Å². The molecular weight excluding hydrogens is 138 g/mol. The van der Waals surface area contributed by atoms with E-state index in [0.29, 0.717) is 6.67 Å². The molecular formula is C8H13N3. The van der Waals surface area contributed by atoms with Crippen molar-refractivity contribution in [3.05, 3.63) is 30.1 Å². The van der Waals surface area contributed by atoms with Gasteiger partial charge in [0.2, 0.25) is 0 Å². The lowest BCUT2D eigenvalue weighted by Crippen LogP contribution is -2.24. The van der Waals surface area contributed by atoms with E-state index in [9.17, 15) is 0 Å². The second kappa shape index (κ2) is 4.05. The van der Waals surface area contributed by atoms with Gasteiger partial charge in [0, 0.05) is 25.6 Å². The highest BCUT2D eigenvalue weighted by Gasteiger charge is 1.95. The summed E-state index contributed by atoms with van der Waals surface area (Å²) in [5, 5.41) is 0. The van der Waals surface area contributed by atoms with Gasteiger partial charge in [-0.2, -0.15) is 0 Å². The van der Waals surface area contributed by atoms with Crippen LogP contribution in [0.2, 0.25) is 0 Å². The van der Waals surface area contributed by atoms with Crippen molar-refractivity contribution in [3.63, 3.8) is 0 Å². The zero-order valence-corrected chi connectivity index (χ0v) is 6.70. The molecule has 1 rings (SSSR count). The van der Waals surface area contributed by atoms with Crippen molar-refractivity contribution in [2.45, 2.75) is 6.54 Å². The van der Waals surface area contributed by atoms with Crippen molar-refractivity contribution < 1.29 is 0 Å². The first-order valence-corrected chi connectivity index (χ1v) is 3.60. The van der Waals surface area contributed by atoms with E-state index < -0.39 is 0 Å². The van der Waals surface area contributed by atoms with E-state index in [2.05, 4.69) is 4.98 Å². The Morgan fingerprint density at radius 3 is 2.64 bits per heavy atom. The summed E-state index contributed by atoms with van der Waals surface area (Å²) < 4.78 is 0. The Bertz CT molecular complexity index is 198. The fourth-order valence-electron chi connectivity index (χ4n) is 0.864. The first-order valence-electron chi connectivity index (χ1n) is 3.60. The van der Waals surface area contributed by atoms with Crippen LogP contribution in [0.25, 0.3) is 0 Å². The third-order valence-corrected chi connectivity index (χ3v) is 1.51. The monoisotopic (exact) mass is 151 g/mol. The van der Waals surface area contributed by atoms with Crippen LogP contribution in [0.3, 0.4) is 0 Å². The van der Waals surface area contributed by atoms with Crippen molar-refractivity contribution >= 4 is 0 Å². The molecule has 0 saturated carbocycles. The molecule has 3 heteroatoms. The van der Waals surface area contributed by atoms with Crippen molar-refractivity contribution in [1.82, 2.24) is 9.88 Å². The lowest BCUT2D eigenvalue weighted by atomic mass is 10.2. The molecule has 0 atom stereocenters. The van der Waals surface area contributed by atoms with Crippen molar-refractivity contribution in [1.29, 1.82) is 0 Å². The van der Waals surface area contributed by atoms with Crippen molar-refractivity contribution in [3.8, 4) is 0 Å². The number of nitrogens with zero attached hydrogens (tertiary/aromatic N) is 2. The maximum atomic E-state index is 5.43. The van der Waals surface area contributed by atoms with Gasteiger partial charge < -0.3 is 5.73 Å². The molecule has 0 aliphatic carbocycles. The Hall–Kier alpha value is -0.930. The molecule has 0 radical (unpaired) electrons. The maximum Gasteiger partial charge on any atom is 0.0455 e. The molecule has 11 heavy (non-hydrogen) atoms. The van der Waals surface area contributed by atoms with Gasteiger partial charge in [-0.25, -0.2) is 0 Å². The first kappa shape index (κ1) is 8.17. The molecule has 1 aromatic rings. The molecule has 2 N–H and O–H groups in total. The van der Waals surface area contributed by atoms with Crippen LogP contribution in [-0.2, 0) is 6.54 Å². The summed E-state index contributed by atoms with van der Waals surface area (Å²) in [6.07, 6.45) is 3.58. The number of nitrogens with two attached hydrogens (primary N) is 1. The second-order valence-electron chi connectivity index (χ2n) is 2.55. The summed E-state index contributed by atoms with van der Waals surface area (Å²) in [5.74, 6) is 0. The van der Waals surface area contributed by atoms with E-state index in [4.69, 9.17) is 5.73 Å². The van der Waals surface area contributed by atoms with Gasteiger partial charge in [-0.3, -0.25) is 9.88 Å². The SMILES string of the molecule is CN(CN)Cc1ccncc1. The van der Waals surface area contributed by atoms with Crippen LogP contribution < -0.4 is 5.73 Å². The molecule has 0 spiro atoms. The first-order chi connectivity index (χ1) is 5.33. The van der Waals surface area contributed by atoms with Crippen LogP contribution in [0.4, 0.5) is 0 Å². The topological polar surface area (TPSA) is 42.1 Å². The van der Waals surface area contributed by atoms with Crippen LogP contribution in [0.1, 0.15) is 5.56 Å². The fraction of sp³-hybridized carbons (Fsp3) is 0.375. The molecule has 0 amide bonds. The highest BCUT2D eigenvalue weighted by atomic mass is 15.1. The lowest BCUT2D eigenvalue weighted by Gasteiger charge is -2.12. The maximum absolute atomic E-state index is 5.43. The zero-order valence-electron chi connectivity index (χ0n) is 6.70. The van der Waals surface area contributed by atoms with Gasteiger partial charge in [0.05, 0.1) is 0 Å². The average molecular weight is 151 g/mol. The summed E-state index contributed by atoms with van der Waals surface area (Å²) in [6, 6.07) is 3.98. The number of hydrogen-bond acceptors (Lipinski definition) is 3. The molecule has 0 aromatic carbocycles. The van der Waals surface area contributed by atoms with E-state index in [1.54, 1.807) is 12.4 Å². The standard InChI is InChI=1S/C8H13N3/c1-11(7-9)6-8-2-4-10-5-3-8/h2-5H,6-7,9H2,1H3. The Labute approximate surface area is 66.8 Å². The smallest absolute Gasteiger partial charge is 0.0455 e. The normalized spacial score (nSPS) is 10.5. The molecule has 0 unspecified atom stereocenters. The van der Waals surface area contributed by atoms with Crippen molar-refractivity contribution in [2.75, 3.05) is 13.7 Å². The number of hydrogen-bond donors (Lipinski definition) is 1. The van der Waals surface area contributed by atoms with Gasteiger partial charge in [0.25, 0.3) is 0 Å². The van der Waals surface area contributed by atoms with Crippen LogP contribution in [-0.4, -0.2) is 23.6 Å². The molecule has 60 valence electrons. The van der Waals surface area contributed by atoms with Gasteiger partial charge >= 0.3 is 0 Å². The highest BCUT2D eigenvalue weighted by Crippen LogP contribution is 1.98. The Morgan fingerprint density at radius 1 is 1.45 bits per heavy atom. The van der Waals surface area contributed by atoms with Gasteiger partial charge in [-0.1, -0.05) is 0 Å². The minimum absolute atomic E-state index is 0.586. The van der Waals surface area contributed by atoms with Crippen LogP contribution in [0, 0.1) is 0 Å².